The Morgan fingerprint density at radius 3 is 2.54 bits per heavy atom. The summed E-state index contributed by atoms with van der Waals surface area (Å²) in [5.41, 5.74) is 1.35. The van der Waals surface area contributed by atoms with Crippen LogP contribution in [0.2, 0.25) is 0 Å². The van der Waals surface area contributed by atoms with Crippen molar-refractivity contribution in [2.75, 3.05) is 27.2 Å². The molecule has 2 aromatic rings. The van der Waals surface area contributed by atoms with E-state index >= 15 is 0 Å². The highest BCUT2D eigenvalue weighted by Gasteiger charge is 2.20. The molecular weight excluding hydrogens is 467 g/mol. The van der Waals surface area contributed by atoms with E-state index in [4.69, 9.17) is 4.74 Å². The highest BCUT2D eigenvalue weighted by atomic mass is 127. The maximum absolute atomic E-state index is 12.4. The molecule has 0 atom stereocenters. The molecule has 0 unspecified atom stereocenters. The zero-order chi connectivity index (χ0) is 19.3. The number of hydrogen-bond acceptors (Lipinski definition) is 4. The molecule has 0 fully saturated rings. The topological polar surface area (TPSA) is 75.7 Å². The smallest absolute Gasteiger partial charge is 0.252 e. The van der Waals surface area contributed by atoms with Gasteiger partial charge in [0.25, 0.3) is 5.91 Å². The second kappa shape index (κ2) is 8.83. The van der Waals surface area contributed by atoms with Gasteiger partial charge in [0, 0.05) is 17.7 Å². The van der Waals surface area contributed by atoms with Crippen LogP contribution in [-0.4, -0.2) is 45.9 Å². The predicted molar refractivity (Wildman–Crippen MR) is 109 cm³/mol. The van der Waals surface area contributed by atoms with Crippen LogP contribution >= 0.6 is 22.6 Å². The minimum atomic E-state index is -3.59. The Kier molecular flexibility index (Phi) is 7.01. The zero-order valence-electron chi connectivity index (χ0n) is 14.8. The summed E-state index contributed by atoms with van der Waals surface area (Å²) >= 11 is 2.01. The van der Waals surface area contributed by atoms with Crippen molar-refractivity contribution < 1.29 is 17.9 Å². The second-order valence-electron chi connectivity index (χ2n) is 5.80. The molecule has 0 heterocycles. The van der Waals surface area contributed by atoms with Gasteiger partial charge in [0.15, 0.2) is 0 Å². The summed E-state index contributed by atoms with van der Waals surface area (Å²) in [7, 11) is -0.682. The molecule has 0 radical (unpaired) electrons. The average molecular weight is 488 g/mol. The number of ether oxygens (including phenoxy) is 1. The lowest BCUT2D eigenvalue weighted by Crippen LogP contribution is -2.29. The largest absolute Gasteiger partial charge is 0.491 e. The predicted octanol–water partition coefficient (Wildman–Crippen LogP) is 2.66. The van der Waals surface area contributed by atoms with Gasteiger partial charge in [0.1, 0.15) is 12.4 Å². The third-order valence-corrected chi connectivity index (χ3v) is 6.45. The first-order valence-corrected chi connectivity index (χ1v) is 10.4. The van der Waals surface area contributed by atoms with Crippen LogP contribution in [0.15, 0.2) is 47.4 Å². The maximum Gasteiger partial charge on any atom is 0.252 e. The van der Waals surface area contributed by atoms with Gasteiger partial charge >= 0.3 is 0 Å². The van der Waals surface area contributed by atoms with Crippen molar-refractivity contribution in [1.29, 1.82) is 0 Å². The first-order chi connectivity index (χ1) is 12.2. The number of nitrogens with one attached hydrogen (secondary N) is 1. The van der Waals surface area contributed by atoms with Crippen LogP contribution in [0.4, 0.5) is 0 Å². The molecule has 2 rings (SSSR count). The second-order valence-corrected chi connectivity index (χ2v) is 9.11. The molecule has 8 heteroatoms. The van der Waals surface area contributed by atoms with E-state index < -0.39 is 10.0 Å². The van der Waals surface area contributed by atoms with Crippen LogP contribution < -0.4 is 10.1 Å². The SMILES string of the molecule is Cc1ccccc1OCCNC(=O)c1cc(S(=O)(=O)N(C)C)ccc1I. The maximum atomic E-state index is 12.4. The van der Waals surface area contributed by atoms with Gasteiger partial charge in [0.05, 0.1) is 17.0 Å². The fraction of sp³-hybridized carbons (Fsp3) is 0.278. The standard InChI is InChI=1S/C18H21IN2O4S/c1-13-6-4-5-7-17(13)25-11-10-20-18(22)15-12-14(8-9-16(15)19)26(23,24)21(2)3/h4-9,12H,10-11H2,1-3H3,(H,20,22). The average Bonchev–Trinajstić information content (AvgIpc) is 2.60. The van der Waals surface area contributed by atoms with Crippen molar-refractivity contribution in [2.24, 2.45) is 0 Å². The van der Waals surface area contributed by atoms with E-state index in [9.17, 15) is 13.2 Å². The summed E-state index contributed by atoms with van der Waals surface area (Å²) in [6, 6.07) is 12.2. The molecule has 0 aromatic heterocycles. The molecule has 0 saturated heterocycles. The van der Waals surface area contributed by atoms with E-state index in [0.29, 0.717) is 22.3 Å². The number of nitrogens with zero attached hydrogens (tertiary/aromatic N) is 1. The number of sulfonamides is 1. The molecule has 1 amide bonds. The lowest BCUT2D eigenvalue weighted by molar-refractivity contribution is 0.0946. The van der Waals surface area contributed by atoms with Crippen molar-refractivity contribution in [3.63, 3.8) is 0 Å². The van der Waals surface area contributed by atoms with E-state index in [2.05, 4.69) is 5.32 Å². The minimum Gasteiger partial charge on any atom is -0.491 e. The Morgan fingerprint density at radius 2 is 1.88 bits per heavy atom. The van der Waals surface area contributed by atoms with Crippen molar-refractivity contribution in [3.05, 3.63) is 57.2 Å². The number of aryl methyl sites for hydroxylation is 1. The quantitative estimate of drug-likeness (QED) is 0.481. The van der Waals surface area contributed by atoms with E-state index in [0.717, 1.165) is 15.6 Å². The number of benzene rings is 2. The van der Waals surface area contributed by atoms with Crippen molar-refractivity contribution in [1.82, 2.24) is 9.62 Å². The Bertz CT molecular complexity index is 898. The molecule has 140 valence electrons. The van der Waals surface area contributed by atoms with Gasteiger partial charge in [0.2, 0.25) is 10.0 Å². The summed E-state index contributed by atoms with van der Waals surface area (Å²) < 4.78 is 31.9. The van der Waals surface area contributed by atoms with Gasteiger partial charge in [-0.3, -0.25) is 4.79 Å². The van der Waals surface area contributed by atoms with Gasteiger partial charge in [-0.05, 0) is 59.3 Å². The Morgan fingerprint density at radius 1 is 1.19 bits per heavy atom. The molecule has 0 aliphatic heterocycles. The van der Waals surface area contributed by atoms with Gasteiger partial charge < -0.3 is 10.1 Å². The summed E-state index contributed by atoms with van der Waals surface area (Å²) in [4.78, 5) is 12.5. The molecule has 6 nitrogen and oxygen atoms in total. The van der Waals surface area contributed by atoms with Gasteiger partial charge in [-0.25, -0.2) is 12.7 Å². The molecule has 0 saturated carbocycles. The molecule has 0 aliphatic carbocycles. The van der Waals surface area contributed by atoms with Crippen LogP contribution in [0, 0.1) is 10.5 Å². The van der Waals surface area contributed by atoms with E-state index in [1.165, 1.54) is 26.2 Å². The Balaban J connectivity index is 2.02. The van der Waals surface area contributed by atoms with Crippen LogP contribution in [0.25, 0.3) is 0 Å². The number of hydrogen-bond donors (Lipinski definition) is 1. The summed E-state index contributed by atoms with van der Waals surface area (Å²) in [6.07, 6.45) is 0. The van der Waals surface area contributed by atoms with Crippen molar-refractivity contribution >= 4 is 38.5 Å². The molecule has 26 heavy (non-hydrogen) atoms. The van der Waals surface area contributed by atoms with E-state index in [-0.39, 0.29) is 10.8 Å². The monoisotopic (exact) mass is 488 g/mol. The van der Waals surface area contributed by atoms with E-state index in [1.807, 2.05) is 53.8 Å². The van der Waals surface area contributed by atoms with Crippen molar-refractivity contribution in [2.45, 2.75) is 11.8 Å². The summed E-state index contributed by atoms with van der Waals surface area (Å²) in [5, 5.41) is 2.76. The van der Waals surface area contributed by atoms with Gasteiger partial charge in [-0.1, -0.05) is 18.2 Å². The third-order valence-electron chi connectivity index (χ3n) is 3.70. The number of rotatable bonds is 7. The highest BCUT2D eigenvalue weighted by Crippen LogP contribution is 2.20. The molecule has 0 aliphatic rings. The highest BCUT2D eigenvalue weighted by molar-refractivity contribution is 14.1. The number of carbonyl (C=O) groups is 1. The van der Waals surface area contributed by atoms with Crippen LogP contribution in [0.1, 0.15) is 15.9 Å². The van der Waals surface area contributed by atoms with Crippen LogP contribution in [-0.2, 0) is 10.0 Å². The molecule has 0 bridgehead atoms. The van der Waals surface area contributed by atoms with Crippen LogP contribution in [0.3, 0.4) is 0 Å². The van der Waals surface area contributed by atoms with Gasteiger partial charge in [-0.2, -0.15) is 0 Å². The Hall–Kier alpha value is -1.65. The third kappa shape index (κ3) is 4.95. The normalized spacial score (nSPS) is 11.4. The number of amides is 1. The zero-order valence-corrected chi connectivity index (χ0v) is 17.8. The Labute approximate surface area is 167 Å². The lowest BCUT2D eigenvalue weighted by atomic mass is 10.2. The number of halogens is 1. The molecule has 1 N–H and O–H groups in total. The minimum absolute atomic E-state index is 0.0872. The fourth-order valence-corrected chi connectivity index (χ4v) is 3.70. The van der Waals surface area contributed by atoms with E-state index in [1.54, 1.807) is 6.07 Å². The lowest BCUT2D eigenvalue weighted by Gasteiger charge is -2.14. The summed E-state index contributed by atoms with van der Waals surface area (Å²) in [5.74, 6) is 0.439. The first-order valence-electron chi connectivity index (χ1n) is 7.92. The van der Waals surface area contributed by atoms with Crippen LogP contribution in [0.5, 0.6) is 5.75 Å². The van der Waals surface area contributed by atoms with Crippen molar-refractivity contribution in [3.8, 4) is 5.75 Å². The number of carbonyl (C=O) groups excluding carboxylic acids is 1. The number of para-hydroxylation sites is 1. The molecule has 2 aromatic carbocycles. The molecular formula is C18H21IN2O4S. The fourth-order valence-electron chi connectivity index (χ4n) is 2.19. The summed E-state index contributed by atoms with van der Waals surface area (Å²) in [6.45, 7) is 2.59. The first kappa shape index (κ1) is 20.7. The van der Waals surface area contributed by atoms with Gasteiger partial charge in [-0.15, -0.1) is 0 Å². The molecule has 0 spiro atoms.